The molecule has 112 valence electrons. The van der Waals surface area contributed by atoms with Gasteiger partial charge >= 0.3 is 0 Å². The summed E-state index contributed by atoms with van der Waals surface area (Å²) in [7, 11) is -3.48. The number of halogens is 1. The van der Waals surface area contributed by atoms with Crippen molar-refractivity contribution in [3.05, 3.63) is 30.1 Å². The summed E-state index contributed by atoms with van der Waals surface area (Å²) < 4.78 is 37.6. The molecule has 0 unspecified atom stereocenters. The van der Waals surface area contributed by atoms with Crippen LogP contribution in [0.15, 0.2) is 24.3 Å². The first-order valence-corrected chi connectivity index (χ1v) is 8.04. The molecule has 0 saturated carbocycles. The Balaban J connectivity index is 2.75. The number of anilines is 1. The number of rotatable bonds is 6. The van der Waals surface area contributed by atoms with Gasteiger partial charge in [-0.15, -0.1) is 0 Å². The van der Waals surface area contributed by atoms with Gasteiger partial charge in [0.2, 0.25) is 15.9 Å². The van der Waals surface area contributed by atoms with Crippen molar-refractivity contribution in [2.75, 3.05) is 24.7 Å². The summed E-state index contributed by atoms with van der Waals surface area (Å²) in [5.74, 6) is -1.04. The van der Waals surface area contributed by atoms with E-state index in [0.29, 0.717) is 0 Å². The van der Waals surface area contributed by atoms with E-state index in [1.807, 2.05) is 13.8 Å². The van der Waals surface area contributed by atoms with Crippen LogP contribution in [0.4, 0.5) is 10.1 Å². The molecule has 0 spiro atoms. The van der Waals surface area contributed by atoms with Gasteiger partial charge in [0.25, 0.3) is 0 Å². The zero-order chi connectivity index (χ0) is 15.3. The maximum atomic E-state index is 13.4. The maximum Gasteiger partial charge on any atom is 0.239 e. The lowest BCUT2D eigenvalue weighted by atomic mass is 10.2. The second-order valence-electron chi connectivity index (χ2n) is 4.98. The predicted octanol–water partition coefficient (Wildman–Crippen LogP) is 1.68. The fourth-order valence-electron chi connectivity index (χ4n) is 1.64. The number of carbonyl (C=O) groups excluding carboxylic acids is 1. The van der Waals surface area contributed by atoms with Gasteiger partial charge < -0.3 is 5.32 Å². The predicted molar refractivity (Wildman–Crippen MR) is 76.3 cm³/mol. The van der Waals surface area contributed by atoms with E-state index in [4.69, 9.17) is 0 Å². The minimum absolute atomic E-state index is 0.0375. The molecule has 0 saturated heterocycles. The van der Waals surface area contributed by atoms with Crippen LogP contribution in [0.25, 0.3) is 0 Å². The Kier molecular flexibility index (Phi) is 5.64. The average Bonchev–Trinajstić information content (AvgIpc) is 2.29. The lowest BCUT2D eigenvalue weighted by molar-refractivity contribution is -0.116. The van der Waals surface area contributed by atoms with E-state index >= 15 is 0 Å². The minimum Gasteiger partial charge on any atom is -0.322 e. The number of benzene rings is 1. The first-order valence-electron chi connectivity index (χ1n) is 6.19. The van der Waals surface area contributed by atoms with Crippen LogP contribution in [0.5, 0.6) is 0 Å². The molecule has 0 heterocycles. The lowest BCUT2D eigenvalue weighted by Gasteiger charge is -2.21. The highest BCUT2D eigenvalue weighted by atomic mass is 32.2. The molecule has 0 atom stereocenters. The second-order valence-corrected chi connectivity index (χ2v) is 6.96. The van der Waals surface area contributed by atoms with Crippen LogP contribution < -0.4 is 5.32 Å². The van der Waals surface area contributed by atoms with Crippen LogP contribution in [0.1, 0.15) is 13.8 Å². The summed E-state index contributed by atoms with van der Waals surface area (Å²) in [5.41, 5.74) is 0.0375. The number of amides is 1. The van der Waals surface area contributed by atoms with E-state index in [0.717, 1.165) is 10.6 Å². The maximum absolute atomic E-state index is 13.4. The van der Waals surface area contributed by atoms with Crippen LogP contribution in [-0.2, 0) is 14.8 Å². The number of nitrogens with zero attached hydrogens (tertiary/aromatic N) is 1. The molecule has 1 aromatic rings. The standard InChI is InChI=1S/C13H19FN2O3S/c1-10(2)8-16(20(3,18)19)9-13(17)15-12-7-5-4-6-11(12)14/h4-7,10H,8-9H2,1-3H3,(H,15,17). The molecule has 7 heteroatoms. The normalized spacial score (nSPS) is 11.9. The van der Waals surface area contributed by atoms with Gasteiger partial charge in [-0.05, 0) is 18.1 Å². The fraction of sp³-hybridized carbons (Fsp3) is 0.462. The molecule has 0 aliphatic heterocycles. The fourth-order valence-corrected chi connectivity index (χ4v) is 2.56. The van der Waals surface area contributed by atoms with Gasteiger partial charge in [-0.3, -0.25) is 4.79 Å². The van der Waals surface area contributed by atoms with Crippen molar-refractivity contribution < 1.29 is 17.6 Å². The SMILES string of the molecule is CC(C)CN(CC(=O)Nc1ccccc1F)S(C)(=O)=O. The van der Waals surface area contributed by atoms with Crippen LogP contribution in [0.3, 0.4) is 0 Å². The Hall–Kier alpha value is -1.47. The Morgan fingerprint density at radius 1 is 1.35 bits per heavy atom. The van der Waals surface area contributed by atoms with Crippen LogP contribution >= 0.6 is 0 Å². The van der Waals surface area contributed by atoms with Crippen molar-refractivity contribution in [3.8, 4) is 0 Å². The number of para-hydroxylation sites is 1. The monoisotopic (exact) mass is 302 g/mol. The number of sulfonamides is 1. The largest absolute Gasteiger partial charge is 0.322 e. The molecule has 1 N–H and O–H groups in total. The Labute approximate surface area is 118 Å². The highest BCUT2D eigenvalue weighted by Gasteiger charge is 2.21. The second kappa shape index (κ2) is 6.81. The quantitative estimate of drug-likeness (QED) is 0.869. The van der Waals surface area contributed by atoms with Crippen molar-refractivity contribution in [2.24, 2.45) is 5.92 Å². The zero-order valence-corrected chi connectivity index (χ0v) is 12.6. The Morgan fingerprint density at radius 2 is 1.95 bits per heavy atom. The highest BCUT2D eigenvalue weighted by molar-refractivity contribution is 7.88. The van der Waals surface area contributed by atoms with Gasteiger partial charge in [0.15, 0.2) is 0 Å². The Bertz CT molecular complexity index is 573. The van der Waals surface area contributed by atoms with Gasteiger partial charge in [0, 0.05) is 6.54 Å². The summed E-state index contributed by atoms with van der Waals surface area (Å²) >= 11 is 0. The molecular formula is C13H19FN2O3S. The third-order valence-corrected chi connectivity index (χ3v) is 3.72. The summed E-state index contributed by atoms with van der Waals surface area (Å²) in [6.07, 6.45) is 1.05. The van der Waals surface area contributed by atoms with Gasteiger partial charge in [-0.2, -0.15) is 4.31 Å². The van der Waals surface area contributed by atoms with Gasteiger partial charge in [0.05, 0.1) is 18.5 Å². The molecule has 0 aromatic heterocycles. The van der Waals surface area contributed by atoms with E-state index in [1.54, 1.807) is 6.07 Å². The average molecular weight is 302 g/mol. The van der Waals surface area contributed by atoms with Crippen molar-refractivity contribution in [3.63, 3.8) is 0 Å². The van der Waals surface area contributed by atoms with Crippen LogP contribution in [0.2, 0.25) is 0 Å². The number of hydrogen-bond donors (Lipinski definition) is 1. The number of nitrogens with one attached hydrogen (secondary N) is 1. The van der Waals surface area contributed by atoms with Crippen molar-refractivity contribution in [1.29, 1.82) is 0 Å². The van der Waals surface area contributed by atoms with E-state index < -0.39 is 21.7 Å². The number of carbonyl (C=O) groups is 1. The van der Waals surface area contributed by atoms with Gasteiger partial charge in [-0.1, -0.05) is 26.0 Å². The Morgan fingerprint density at radius 3 is 2.45 bits per heavy atom. The smallest absolute Gasteiger partial charge is 0.239 e. The minimum atomic E-state index is -3.48. The molecule has 20 heavy (non-hydrogen) atoms. The molecule has 0 aliphatic carbocycles. The molecule has 0 bridgehead atoms. The molecule has 0 aliphatic rings. The van der Waals surface area contributed by atoms with E-state index in [1.165, 1.54) is 18.2 Å². The first-order chi connectivity index (χ1) is 9.20. The summed E-state index contributed by atoms with van der Waals surface area (Å²) in [6, 6.07) is 5.73. The molecule has 0 radical (unpaired) electrons. The van der Waals surface area contributed by atoms with E-state index in [-0.39, 0.29) is 24.7 Å². The van der Waals surface area contributed by atoms with Crippen LogP contribution in [0, 0.1) is 11.7 Å². The zero-order valence-electron chi connectivity index (χ0n) is 11.8. The topological polar surface area (TPSA) is 66.5 Å². The van der Waals surface area contributed by atoms with Crippen molar-refractivity contribution >= 4 is 21.6 Å². The summed E-state index contributed by atoms with van der Waals surface area (Å²) in [5, 5.41) is 2.37. The van der Waals surface area contributed by atoms with Gasteiger partial charge in [0.1, 0.15) is 5.82 Å². The molecule has 1 amide bonds. The third kappa shape index (κ3) is 5.26. The summed E-state index contributed by atoms with van der Waals surface area (Å²) in [6.45, 7) is 3.62. The number of hydrogen-bond acceptors (Lipinski definition) is 3. The molecule has 1 rings (SSSR count). The molecular weight excluding hydrogens is 283 g/mol. The van der Waals surface area contributed by atoms with E-state index in [2.05, 4.69) is 5.32 Å². The lowest BCUT2D eigenvalue weighted by Crippen LogP contribution is -2.39. The molecule has 5 nitrogen and oxygen atoms in total. The third-order valence-electron chi connectivity index (χ3n) is 2.51. The van der Waals surface area contributed by atoms with E-state index in [9.17, 15) is 17.6 Å². The van der Waals surface area contributed by atoms with Crippen molar-refractivity contribution in [2.45, 2.75) is 13.8 Å². The summed E-state index contributed by atoms with van der Waals surface area (Å²) in [4.78, 5) is 11.8. The highest BCUT2D eigenvalue weighted by Crippen LogP contribution is 2.12. The molecule has 0 fully saturated rings. The molecule has 1 aromatic carbocycles. The first kappa shape index (κ1) is 16.6. The van der Waals surface area contributed by atoms with Crippen molar-refractivity contribution in [1.82, 2.24) is 4.31 Å². The van der Waals surface area contributed by atoms with Crippen LogP contribution in [-0.4, -0.2) is 38.0 Å². The van der Waals surface area contributed by atoms with Gasteiger partial charge in [-0.25, -0.2) is 12.8 Å².